The third kappa shape index (κ3) is 5.86. The molecule has 0 saturated heterocycles. The molecule has 5 heteroatoms. The minimum Gasteiger partial charge on any atom is -0.494 e. The molecule has 0 aliphatic heterocycles. The van der Waals surface area contributed by atoms with Crippen molar-refractivity contribution in [3.63, 3.8) is 0 Å². The van der Waals surface area contributed by atoms with E-state index in [2.05, 4.69) is 36.5 Å². The maximum Gasteiger partial charge on any atom is 0.251 e. The number of rotatable bonds is 8. The van der Waals surface area contributed by atoms with Gasteiger partial charge in [0, 0.05) is 21.8 Å². The molecule has 0 spiro atoms. The molecule has 1 N–H and O–H groups in total. The summed E-state index contributed by atoms with van der Waals surface area (Å²) >= 11 is 1.71. The highest BCUT2D eigenvalue weighted by Crippen LogP contribution is 2.29. The van der Waals surface area contributed by atoms with Gasteiger partial charge in [0.15, 0.2) is 0 Å². The molecule has 3 aromatic carbocycles. The van der Waals surface area contributed by atoms with Gasteiger partial charge in [0.05, 0.1) is 12.6 Å². The zero-order valence-corrected chi connectivity index (χ0v) is 18.3. The first-order chi connectivity index (χ1) is 14.5. The van der Waals surface area contributed by atoms with Crippen molar-refractivity contribution in [3.8, 4) is 5.75 Å². The van der Waals surface area contributed by atoms with Crippen LogP contribution in [0.4, 0.5) is 4.39 Å². The van der Waals surface area contributed by atoms with Gasteiger partial charge in [-0.2, -0.15) is 0 Å². The molecule has 0 bridgehead atoms. The van der Waals surface area contributed by atoms with Crippen molar-refractivity contribution in [2.75, 3.05) is 6.61 Å². The summed E-state index contributed by atoms with van der Waals surface area (Å²) in [4.78, 5) is 14.0. The van der Waals surface area contributed by atoms with E-state index in [1.807, 2.05) is 26.0 Å². The van der Waals surface area contributed by atoms with Crippen molar-refractivity contribution in [2.24, 2.45) is 0 Å². The molecular formula is C25H26FNO2S. The minimum atomic E-state index is -0.292. The summed E-state index contributed by atoms with van der Waals surface area (Å²) in [5.74, 6) is 1.03. The van der Waals surface area contributed by atoms with Crippen LogP contribution in [0.1, 0.15) is 46.9 Å². The SMILES string of the molecule is CCOc1ccc(C(=O)N[C@@H](C)c2ccc(F)cc2)cc1CSc1ccc(C)cc1. The number of ether oxygens (including phenoxy) is 1. The minimum absolute atomic E-state index is 0.170. The van der Waals surface area contributed by atoms with Gasteiger partial charge < -0.3 is 10.1 Å². The number of amides is 1. The van der Waals surface area contributed by atoms with Crippen LogP contribution in [0.25, 0.3) is 0 Å². The molecular weight excluding hydrogens is 397 g/mol. The lowest BCUT2D eigenvalue weighted by molar-refractivity contribution is 0.0939. The zero-order valence-electron chi connectivity index (χ0n) is 17.4. The Morgan fingerprint density at radius 3 is 2.43 bits per heavy atom. The van der Waals surface area contributed by atoms with E-state index in [9.17, 15) is 9.18 Å². The number of carbonyl (C=O) groups is 1. The molecule has 3 aromatic rings. The lowest BCUT2D eigenvalue weighted by Crippen LogP contribution is -2.26. The Morgan fingerprint density at radius 2 is 1.77 bits per heavy atom. The summed E-state index contributed by atoms with van der Waals surface area (Å²) in [6.07, 6.45) is 0. The number of carbonyl (C=O) groups excluding carboxylic acids is 1. The third-order valence-electron chi connectivity index (χ3n) is 4.76. The second-order valence-corrected chi connectivity index (χ2v) is 8.15. The molecule has 0 aliphatic carbocycles. The van der Waals surface area contributed by atoms with Crippen LogP contribution in [-0.2, 0) is 5.75 Å². The number of hydrogen-bond acceptors (Lipinski definition) is 3. The summed E-state index contributed by atoms with van der Waals surface area (Å²) in [7, 11) is 0. The van der Waals surface area contributed by atoms with Crippen LogP contribution in [0.3, 0.4) is 0 Å². The molecule has 3 rings (SSSR count). The third-order valence-corrected chi connectivity index (χ3v) is 5.82. The van der Waals surface area contributed by atoms with Crippen molar-refractivity contribution < 1.29 is 13.9 Å². The van der Waals surface area contributed by atoms with Crippen molar-refractivity contribution in [2.45, 2.75) is 37.5 Å². The molecule has 0 fully saturated rings. The molecule has 3 nitrogen and oxygen atoms in total. The second-order valence-electron chi connectivity index (χ2n) is 7.10. The fourth-order valence-corrected chi connectivity index (χ4v) is 3.92. The van der Waals surface area contributed by atoms with Gasteiger partial charge in [-0.15, -0.1) is 11.8 Å². The molecule has 0 aliphatic rings. The Labute approximate surface area is 181 Å². The molecule has 0 unspecified atom stereocenters. The monoisotopic (exact) mass is 423 g/mol. The summed E-state index contributed by atoms with van der Waals surface area (Å²) in [5.41, 5.74) is 3.63. The molecule has 0 heterocycles. The van der Waals surface area contributed by atoms with Gasteiger partial charge in [-0.1, -0.05) is 29.8 Å². The van der Waals surface area contributed by atoms with E-state index < -0.39 is 0 Å². The smallest absolute Gasteiger partial charge is 0.251 e. The average molecular weight is 424 g/mol. The van der Waals surface area contributed by atoms with Crippen molar-refractivity contribution in [3.05, 3.63) is 94.8 Å². The number of nitrogens with one attached hydrogen (secondary N) is 1. The molecule has 30 heavy (non-hydrogen) atoms. The maximum atomic E-state index is 13.1. The highest BCUT2D eigenvalue weighted by molar-refractivity contribution is 7.98. The molecule has 0 radical (unpaired) electrons. The average Bonchev–Trinajstić information content (AvgIpc) is 2.74. The van der Waals surface area contributed by atoms with Crippen LogP contribution >= 0.6 is 11.8 Å². The van der Waals surface area contributed by atoms with Gasteiger partial charge in [0.1, 0.15) is 11.6 Å². The topological polar surface area (TPSA) is 38.3 Å². The summed E-state index contributed by atoms with van der Waals surface area (Å²) in [6.45, 7) is 6.46. The quantitative estimate of drug-likeness (QED) is 0.431. The largest absolute Gasteiger partial charge is 0.494 e. The highest BCUT2D eigenvalue weighted by Gasteiger charge is 2.14. The Morgan fingerprint density at radius 1 is 1.07 bits per heavy atom. The molecule has 1 atom stereocenters. The first-order valence-corrected chi connectivity index (χ1v) is 11.0. The van der Waals surface area contributed by atoms with Gasteiger partial charge in [-0.25, -0.2) is 4.39 Å². The van der Waals surface area contributed by atoms with E-state index in [4.69, 9.17) is 4.74 Å². The van der Waals surface area contributed by atoms with Crippen LogP contribution < -0.4 is 10.1 Å². The van der Waals surface area contributed by atoms with E-state index in [-0.39, 0.29) is 17.8 Å². The van der Waals surface area contributed by atoms with Gasteiger partial charge >= 0.3 is 0 Å². The Bertz CT molecular complexity index is 987. The van der Waals surface area contributed by atoms with E-state index >= 15 is 0 Å². The predicted molar refractivity (Wildman–Crippen MR) is 121 cm³/mol. The Hall–Kier alpha value is -2.79. The van der Waals surface area contributed by atoms with Crippen molar-refractivity contribution >= 4 is 17.7 Å². The Kier molecular flexibility index (Phi) is 7.52. The standard InChI is InChI=1S/C25H26FNO2S/c1-4-29-24-14-9-20(15-21(24)16-30-23-12-5-17(2)6-13-23)25(28)27-18(3)19-7-10-22(26)11-8-19/h5-15,18H,4,16H2,1-3H3,(H,27,28)/t18-/m0/s1. The van der Waals surface area contributed by atoms with Gasteiger partial charge in [0.2, 0.25) is 0 Å². The molecule has 156 valence electrons. The fraction of sp³-hybridized carbons (Fsp3) is 0.240. The first kappa shape index (κ1) is 21.9. The number of hydrogen-bond donors (Lipinski definition) is 1. The number of halogens is 1. The second kappa shape index (κ2) is 10.3. The number of thioether (sulfide) groups is 1. The summed E-state index contributed by atoms with van der Waals surface area (Å²) in [5, 5.41) is 2.98. The van der Waals surface area contributed by atoms with E-state index in [1.54, 1.807) is 30.0 Å². The van der Waals surface area contributed by atoms with E-state index in [0.717, 1.165) is 16.9 Å². The van der Waals surface area contributed by atoms with Crippen LogP contribution in [0, 0.1) is 12.7 Å². The van der Waals surface area contributed by atoms with E-state index in [0.29, 0.717) is 17.9 Å². The molecule has 1 amide bonds. The summed E-state index contributed by atoms with van der Waals surface area (Å²) in [6, 6.07) is 19.8. The number of aryl methyl sites for hydroxylation is 1. The van der Waals surface area contributed by atoms with Gasteiger partial charge in [0.25, 0.3) is 5.91 Å². The van der Waals surface area contributed by atoms with Crippen LogP contribution in [0.15, 0.2) is 71.6 Å². The lowest BCUT2D eigenvalue weighted by atomic mass is 10.1. The van der Waals surface area contributed by atoms with Crippen LogP contribution in [-0.4, -0.2) is 12.5 Å². The number of benzene rings is 3. The Balaban J connectivity index is 1.73. The molecule has 0 aromatic heterocycles. The molecule has 0 saturated carbocycles. The summed E-state index contributed by atoms with van der Waals surface area (Å²) < 4.78 is 18.9. The van der Waals surface area contributed by atoms with Crippen molar-refractivity contribution in [1.29, 1.82) is 0 Å². The normalized spacial score (nSPS) is 11.7. The van der Waals surface area contributed by atoms with Crippen LogP contribution in [0.5, 0.6) is 5.75 Å². The first-order valence-electron chi connectivity index (χ1n) is 9.97. The van der Waals surface area contributed by atoms with E-state index in [1.165, 1.54) is 22.6 Å². The maximum absolute atomic E-state index is 13.1. The zero-order chi connectivity index (χ0) is 21.5. The van der Waals surface area contributed by atoms with Crippen LogP contribution in [0.2, 0.25) is 0 Å². The lowest BCUT2D eigenvalue weighted by Gasteiger charge is -2.16. The predicted octanol–water partition coefficient (Wildman–Crippen LogP) is 6.32. The van der Waals surface area contributed by atoms with Gasteiger partial charge in [-0.05, 0) is 68.8 Å². The van der Waals surface area contributed by atoms with Gasteiger partial charge in [-0.3, -0.25) is 4.79 Å². The van der Waals surface area contributed by atoms with Crippen molar-refractivity contribution in [1.82, 2.24) is 5.32 Å². The highest BCUT2D eigenvalue weighted by atomic mass is 32.2. The fourth-order valence-electron chi connectivity index (χ4n) is 3.04.